The van der Waals surface area contributed by atoms with Gasteiger partial charge in [0.15, 0.2) is 0 Å². The smallest absolute Gasteiger partial charge is 0.244 e. The summed E-state index contributed by atoms with van der Waals surface area (Å²) in [5, 5.41) is 2.88. The predicted molar refractivity (Wildman–Crippen MR) is 132 cm³/mol. The fourth-order valence-corrected chi connectivity index (χ4v) is 5.95. The standard InChI is InChI=1S/C25H32N4O4S/c1-4-5-10-24-27-22-8-6-7-9-23(22)29(24)17-25(30)26-20-11-13-21(14-12-20)34(31,32)28-15-18(2)33-19(3)16-28/h6-9,11-14,18-19H,4-5,10,15-17H2,1-3H3,(H,26,30). The largest absolute Gasteiger partial charge is 0.373 e. The lowest BCUT2D eigenvalue weighted by molar-refractivity contribution is -0.116. The van der Waals surface area contributed by atoms with Crippen LogP contribution < -0.4 is 5.32 Å². The molecule has 1 aliphatic heterocycles. The summed E-state index contributed by atoms with van der Waals surface area (Å²) in [6.45, 7) is 6.66. The predicted octanol–water partition coefficient (Wildman–Crippen LogP) is 3.82. The van der Waals surface area contributed by atoms with Crippen LogP contribution in [0.2, 0.25) is 0 Å². The first-order chi connectivity index (χ1) is 16.3. The van der Waals surface area contributed by atoms with Crippen molar-refractivity contribution in [2.45, 2.75) is 63.7 Å². The molecule has 2 atom stereocenters. The number of carbonyl (C=O) groups excluding carboxylic acids is 1. The number of ether oxygens (including phenoxy) is 1. The van der Waals surface area contributed by atoms with E-state index in [9.17, 15) is 13.2 Å². The topological polar surface area (TPSA) is 93.5 Å². The van der Waals surface area contributed by atoms with Crippen LogP contribution in [0.1, 0.15) is 39.4 Å². The summed E-state index contributed by atoms with van der Waals surface area (Å²) in [6.07, 6.45) is 2.55. The molecule has 2 heterocycles. The van der Waals surface area contributed by atoms with E-state index in [1.165, 1.54) is 16.4 Å². The van der Waals surface area contributed by atoms with Crippen LogP contribution in [0, 0.1) is 0 Å². The third kappa shape index (κ3) is 5.32. The number of rotatable bonds is 8. The molecule has 1 N–H and O–H groups in total. The Balaban J connectivity index is 1.47. The van der Waals surface area contributed by atoms with Gasteiger partial charge in [0.05, 0.1) is 28.1 Å². The molecule has 3 aromatic rings. The molecule has 1 saturated heterocycles. The fraction of sp³-hybridized carbons (Fsp3) is 0.440. The second kappa shape index (κ2) is 10.2. The molecule has 0 radical (unpaired) electrons. The van der Waals surface area contributed by atoms with E-state index in [-0.39, 0.29) is 29.6 Å². The average molecular weight is 485 g/mol. The Morgan fingerprint density at radius 2 is 1.76 bits per heavy atom. The molecule has 2 unspecified atom stereocenters. The first-order valence-corrected chi connectivity index (χ1v) is 13.2. The van der Waals surface area contributed by atoms with Gasteiger partial charge in [0.1, 0.15) is 12.4 Å². The quantitative estimate of drug-likeness (QED) is 0.525. The number of unbranched alkanes of at least 4 members (excludes halogenated alkanes) is 1. The summed E-state index contributed by atoms with van der Waals surface area (Å²) in [6, 6.07) is 14.1. The molecule has 1 amide bonds. The molecule has 34 heavy (non-hydrogen) atoms. The highest BCUT2D eigenvalue weighted by Gasteiger charge is 2.32. The minimum Gasteiger partial charge on any atom is -0.373 e. The lowest BCUT2D eigenvalue weighted by Crippen LogP contribution is -2.48. The lowest BCUT2D eigenvalue weighted by Gasteiger charge is -2.34. The number of imidazole rings is 1. The number of hydrogen-bond acceptors (Lipinski definition) is 5. The van der Waals surface area contributed by atoms with Gasteiger partial charge >= 0.3 is 0 Å². The first kappa shape index (κ1) is 24.4. The van der Waals surface area contributed by atoms with Crippen LogP contribution in [0.25, 0.3) is 11.0 Å². The summed E-state index contributed by atoms with van der Waals surface area (Å²) in [5.74, 6) is 0.709. The molecular weight excluding hydrogens is 452 g/mol. The van der Waals surface area contributed by atoms with E-state index >= 15 is 0 Å². The van der Waals surface area contributed by atoms with Crippen LogP contribution >= 0.6 is 0 Å². The third-order valence-electron chi connectivity index (χ3n) is 5.95. The normalized spacial score (nSPS) is 19.4. The van der Waals surface area contributed by atoms with Gasteiger partial charge in [0.2, 0.25) is 15.9 Å². The number of fused-ring (bicyclic) bond motifs is 1. The van der Waals surface area contributed by atoms with Gasteiger partial charge in [-0.3, -0.25) is 4.79 Å². The zero-order valence-corrected chi connectivity index (χ0v) is 20.7. The second-order valence-corrected chi connectivity index (χ2v) is 10.8. The van der Waals surface area contributed by atoms with Gasteiger partial charge in [0, 0.05) is 25.2 Å². The van der Waals surface area contributed by atoms with E-state index in [4.69, 9.17) is 9.72 Å². The molecule has 1 aliphatic rings. The van der Waals surface area contributed by atoms with Crippen molar-refractivity contribution in [3.63, 3.8) is 0 Å². The molecule has 0 spiro atoms. The molecule has 0 bridgehead atoms. The highest BCUT2D eigenvalue weighted by Crippen LogP contribution is 2.23. The SMILES string of the molecule is CCCCc1nc2ccccc2n1CC(=O)Nc1ccc(S(=O)(=O)N2CC(C)OC(C)C2)cc1. The van der Waals surface area contributed by atoms with E-state index < -0.39 is 10.0 Å². The average Bonchev–Trinajstić information content (AvgIpc) is 3.14. The van der Waals surface area contributed by atoms with Gasteiger partial charge in [0.25, 0.3) is 0 Å². The maximum absolute atomic E-state index is 13.0. The Labute approximate surface area is 201 Å². The van der Waals surface area contributed by atoms with Crippen LogP contribution in [0.3, 0.4) is 0 Å². The van der Waals surface area contributed by atoms with Crippen LogP contribution in [0.5, 0.6) is 0 Å². The molecule has 8 nitrogen and oxygen atoms in total. The van der Waals surface area contributed by atoms with Gasteiger partial charge < -0.3 is 14.6 Å². The van der Waals surface area contributed by atoms with E-state index in [1.807, 2.05) is 42.7 Å². The number of nitrogens with one attached hydrogen (secondary N) is 1. The molecule has 9 heteroatoms. The number of morpholine rings is 1. The van der Waals surface area contributed by atoms with Gasteiger partial charge in [-0.05, 0) is 56.7 Å². The van der Waals surface area contributed by atoms with Crippen molar-refractivity contribution >= 4 is 32.7 Å². The number of aromatic nitrogens is 2. The van der Waals surface area contributed by atoms with E-state index in [1.54, 1.807) is 12.1 Å². The number of aryl methyl sites for hydroxylation is 1. The van der Waals surface area contributed by atoms with Crippen molar-refractivity contribution in [2.75, 3.05) is 18.4 Å². The molecule has 1 fully saturated rings. The Morgan fingerprint density at radius 1 is 1.09 bits per heavy atom. The summed E-state index contributed by atoms with van der Waals surface area (Å²) in [5.41, 5.74) is 2.36. The summed E-state index contributed by atoms with van der Waals surface area (Å²) in [4.78, 5) is 17.8. The van der Waals surface area contributed by atoms with Crippen molar-refractivity contribution in [1.82, 2.24) is 13.9 Å². The van der Waals surface area contributed by atoms with Crippen LogP contribution in [0.4, 0.5) is 5.69 Å². The minimum atomic E-state index is -3.62. The summed E-state index contributed by atoms with van der Waals surface area (Å²) < 4.78 is 35.2. The molecule has 2 aromatic carbocycles. The van der Waals surface area contributed by atoms with Gasteiger partial charge in [-0.1, -0.05) is 25.5 Å². The summed E-state index contributed by atoms with van der Waals surface area (Å²) >= 11 is 0. The van der Waals surface area contributed by atoms with Crippen LogP contribution in [0.15, 0.2) is 53.4 Å². The van der Waals surface area contributed by atoms with Gasteiger partial charge in [-0.25, -0.2) is 13.4 Å². The molecular formula is C25H32N4O4S. The van der Waals surface area contributed by atoms with Crippen molar-refractivity contribution in [3.8, 4) is 0 Å². The molecule has 0 aliphatic carbocycles. The lowest BCUT2D eigenvalue weighted by atomic mass is 10.2. The number of nitrogens with zero attached hydrogens (tertiary/aromatic N) is 3. The number of sulfonamides is 1. The van der Waals surface area contributed by atoms with Crippen molar-refractivity contribution in [3.05, 3.63) is 54.4 Å². The molecule has 0 saturated carbocycles. The number of hydrogen-bond donors (Lipinski definition) is 1. The van der Waals surface area contributed by atoms with Gasteiger partial charge in [-0.15, -0.1) is 0 Å². The number of benzene rings is 2. The zero-order valence-electron chi connectivity index (χ0n) is 19.9. The number of amides is 1. The molecule has 182 valence electrons. The maximum atomic E-state index is 13.0. The van der Waals surface area contributed by atoms with E-state index in [0.29, 0.717) is 18.8 Å². The van der Waals surface area contributed by atoms with Crippen molar-refractivity contribution in [2.24, 2.45) is 0 Å². The van der Waals surface area contributed by atoms with E-state index in [2.05, 4.69) is 12.2 Å². The number of para-hydroxylation sites is 2. The monoisotopic (exact) mass is 484 g/mol. The Bertz CT molecular complexity index is 1240. The van der Waals surface area contributed by atoms with Crippen LogP contribution in [-0.4, -0.2) is 53.5 Å². The zero-order chi connectivity index (χ0) is 24.3. The molecule has 4 rings (SSSR count). The van der Waals surface area contributed by atoms with Crippen molar-refractivity contribution in [1.29, 1.82) is 0 Å². The highest BCUT2D eigenvalue weighted by atomic mass is 32.2. The number of anilines is 1. The van der Waals surface area contributed by atoms with E-state index in [0.717, 1.165) is 36.1 Å². The maximum Gasteiger partial charge on any atom is 0.244 e. The highest BCUT2D eigenvalue weighted by molar-refractivity contribution is 7.89. The van der Waals surface area contributed by atoms with Crippen LogP contribution in [-0.2, 0) is 32.5 Å². The Morgan fingerprint density at radius 3 is 2.44 bits per heavy atom. The first-order valence-electron chi connectivity index (χ1n) is 11.8. The fourth-order valence-electron chi connectivity index (χ4n) is 4.36. The van der Waals surface area contributed by atoms with Crippen molar-refractivity contribution < 1.29 is 17.9 Å². The third-order valence-corrected chi connectivity index (χ3v) is 7.80. The Kier molecular flexibility index (Phi) is 7.35. The molecule has 1 aromatic heterocycles. The van der Waals surface area contributed by atoms with Gasteiger partial charge in [-0.2, -0.15) is 4.31 Å². The number of carbonyl (C=O) groups is 1. The minimum absolute atomic E-state index is 0.142. The summed E-state index contributed by atoms with van der Waals surface area (Å²) in [7, 11) is -3.62. The Hall–Kier alpha value is -2.75. The second-order valence-electron chi connectivity index (χ2n) is 8.86.